The van der Waals surface area contributed by atoms with Gasteiger partial charge in [-0.2, -0.15) is 13.1 Å². The summed E-state index contributed by atoms with van der Waals surface area (Å²) in [6.07, 6.45) is 8.42. The minimum Gasteiger partial charge on any atom is -0.481 e. The van der Waals surface area contributed by atoms with E-state index in [1.54, 1.807) is 0 Å². The van der Waals surface area contributed by atoms with Gasteiger partial charge in [0.2, 0.25) is 0 Å². The van der Waals surface area contributed by atoms with Crippen LogP contribution in [0.15, 0.2) is 0 Å². The molecule has 7 nitrogen and oxygen atoms in total. The maximum atomic E-state index is 11.9. The first kappa shape index (κ1) is 25.9. The Morgan fingerprint density at radius 2 is 1.84 bits per heavy atom. The number of aliphatic hydroxyl groups is 1. The van der Waals surface area contributed by atoms with Crippen LogP contribution in [0.4, 0.5) is 0 Å². The average Bonchev–Trinajstić information content (AvgIpc) is 3.04. The first-order chi connectivity index (χ1) is 14.9. The van der Waals surface area contributed by atoms with Crippen LogP contribution in [0.3, 0.4) is 0 Å². The lowest BCUT2D eigenvalue weighted by atomic mass is 9.52. The standard InChI is InChI=1S/C24H43NO6S/c1-15-7-9-17(26)5-4-6-21(25-32(29,30)31)23-18(15)13-14-24(3)19(10-11-20(23)24)16(2)8-12-22(27)28/h15-21,23,25-26H,4-14H2,1-3H3,(H,27,28)(H,29,30,31)/t15-,16+,17-,18+,19+,20-,21?,23+,24+/m0/s1. The molecule has 8 heteroatoms. The molecular weight excluding hydrogens is 430 g/mol. The summed E-state index contributed by atoms with van der Waals surface area (Å²) < 4.78 is 36.1. The third-order valence-corrected chi connectivity index (χ3v) is 10.1. The summed E-state index contributed by atoms with van der Waals surface area (Å²) in [4.78, 5) is 11.1. The number of carboxylic acid groups (broad SMARTS) is 1. The molecule has 0 heterocycles. The Hall–Kier alpha value is -0.700. The van der Waals surface area contributed by atoms with E-state index in [-0.39, 0.29) is 29.9 Å². The van der Waals surface area contributed by atoms with E-state index in [2.05, 4.69) is 25.5 Å². The Bertz CT molecular complexity index is 758. The van der Waals surface area contributed by atoms with Gasteiger partial charge in [0.1, 0.15) is 0 Å². The zero-order valence-corrected chi connectivity index (χ0v) is 20.7. The molecule has 0 bridgehead atoms. The van der Waals surface area contributed by atoms with E-state index in [4.69, 9.17) is 5.11 Å². The number of nitrogens with one attached hydrogen (secondary N) is 1. The summed E-state index contributed by atoms with van der Waals surface area (Å²) >= 11 is 0. The van der Waals surface area contributed by atoms with E-state index < -0.39 is 16.3 Å². The van der Waals surface area contributed by atoms with Crippen molar-refractivity contribution in [2.75, 3.05) is 0 Å². The van der Waals surface area contributed by atoms with E-state index in [1.165, 1.54) is 0 Å². The predicted molar refractivity (Wildman–Crippen MR) is 123 cm³/mol. The Balaban J connectivity index is 1.91. The van der Waals surface area contributed by atoms with Gasteiger partial charge in [-0.25, -0.2) is 0 Å². The Morgan fingerprint density at radius 1 is 1.12 bits per heavy atom. The molecule has 3 rings (SSSR count). The number of carboxylic acids is 1. The summed E-state index contributed by atoms with van der Waals surface area (Å²) in [7, 11) is -4.33. The molecule has 0 aromatic carbocycles. The molecule has 9 atom stereocenters. The minimum absolute atomic E-state index is 0.0571. The molecule has 0 aromatic rings. The first-order valence-corrected chi connectivity index (χ1v) is 14.0. The fraction of sp³-hybridized carbons (Fsp3) is 0.958. The van der Waals surface area contributed by atoms with Crippen LogP contribution in [0.25, 0.3) is 0 Å². The number of hydrogen-bond acceptors (Lipinski definition) is 4. The van der Waals surface area contributed by atoms with Crippen molar-refractivity contribution in [3.05, 3.63) is 0 Å². The van der Waals surface area contributed by atoms with Gasteiger partial charge in [0.05, 0.1) is 6.10 Å². The highest BCUT2D eigenvalue weighted by Crippen LogP contribution is 2.63. The van der Waals surface area contributed by atoms with Crippen molar-refractivity contribution in [3.63, 3.8) is 0 Å². The van der Waals surface area contributed by atoms with Crippen LogP contribution in [-0.4, -0.2) is 41.3 Å². The summed E-state index contributed by atoms with van der Waals surface area (Å²) in [6, 6.07) is -0.333. The largest absolute Gasteiger partial charge is 0.481 e. The highest BCUT2D eigenvalue weighted by Gasteiger charge is 2.57. The van der Waals surface area contributed by atoms with E-state index in [0.717, 1.165) is 44.9 Å². The average molecular weight is 474 g/mol. The van der Waals surface area contributed by atoms with E-state index >= 15 is 0 Å². The number of rotatable bonds is 6. The van der Waals surface area contributed by atoms with Gasteiger partial charge >= 0.3 is 16.3 Å². The quantitative estimate of drug-likeness (QED) is 0.427. The molecule has 3 saturated carbocycles. The molecule has 32 heavy (non-hydrogen) atoms. The minimum atomic E-state index is -4.33. The first-order valence-electron chi connectivity index (χ1n) is 12.6. The Morgan fingerprint density at radius 3 is 2.50 bits per heavy atom. The van der Waals surface area contributed by atoms with Crippen LogP contribution in [0, 0.1) is 40.9 Å². The Kier molecular flexibility index (Phi) is 8.33. The van der Waals surface area contributed by atoms with Gasteiger partial charge in [-0.05, 0) is 105 Å². The summed E-state index contributed by atoms with van der Waals surface area (Å²) in [5, 5.41) is 19.5. The molecule has 0 aromatic heterocycles. The van der Waals surface area contributed by atoms with Crippen LogP contribution in [0.1, 0.15) is 91.4 Å². The molecule has 3 aliphatic rings. The second kappa shape index (κ2) is 10.3. The van der Waals surface area contributed by atoms with Crippen molar-refractivity contribution >= 4 is 16.3 Å². The molecule has 0 radical (unpaired) electrons. The Labute approximate surface area is 193 Å². The predicted octanol–water partition coefficient (Wildman–Crippen LogP) is 4.27. The smallest absolute Gasteiger partial charge is 0.333 e. The van der Waals surface area contributed by atoms with E-state index in [1.807, 2.05) is 0 Å². The molecule has 0 aliphatic heterocycles. The molecule has 0 spiro atoms. The SMILES string of the molecule is C[C@H](CCC(=O)O)[C@H]1CC[C@H]2[C@@H]3C(NS(=O)(=O)O)CCC[C@H](O)CC[C@H](C)[C@H]3CC[C@]12C. The van der Waals surface area contributed by atoms with Gasteiger partial charge in [-0.1, -0.05) is 20.8 Å². The molecule has 0 amide bonds. The summed E-state index contributed by atoms with van der Waals surface area (Å²) in [5.74, 6) is 1.24. The van der Waals surface area contributed by atoms with Gasteiger partial charge < -0.3 is 10.2 Å². The van der Waals surface area contributed by atoms with Crippen LogP contribution < -0.4 is 4.72 Å². The van der Waals surface area contributed by atoms with Crippen molar-refractivity contribution in [2.24, 2.45) is 40.9 Å². The zero-order valence-electron chi connectivity index (χ0n) is 19.9. The van der Waals surface area contributed by atoms with Gasteiger partial charge in [-0.3, -0.25) is 9.35 Å². The van der Waals surface area contributed by atoms with E-state index in [9.17, 15) is 22.9 Å². The number of hydrogen-bond donors (Lipinski definition) is 4. The summed E-state index contributed by atoms with van der Waals surface area (Å²) in [6.45, 7) is 6.76. The molecule has 3 fully saturated rings. The second-order valence-electron chi connectivity index (χ2n) is 11.3. The molecule has 186 valence electrons. The lowest BCUT2D eigenvalue weighted by molar-refractivity contribution is -0.137. The number of fused-ring (bicyclic) bond motifs is 3. The zero-order chi connectivity index (χ0) is 23.7. The van der Waals surface area contributed by atoms with Gasteiger partial charge in [-0.15, -0.1) is 0 Å². The van der Waals surface area contributed by atoms with Gasteiger partial charge in [0.25, 0.3) is 0 Å². The fourth-order valence-corrected chi connectivity index (χ4v) is 8.56. The van der Waals surface area contributed by atoms with Crippen molar-refractivity contribution in [2.45, 2.75) is 104 Å². The highest BCUT2D eigenvalue weighted by atomic mass is 32.2. The van der Waals surface area contributed by atoms with Crippen molar-refractivity contribution in [1.29, 1.82) is 0 Å². The third-order valence-electron chi connectivity index (χ3n) is 9.46. The monoisotopic (exact) mass is 473 g/mol. The van der Waals surface area contributed by atoms with E-state index in [0.29, 0.717) is 48.9 Å². The third kappa shape index (κ3) is 5.86. The highest BCUT2D eigenvalue weighted by molar-refractivity contribution is 7.83. The lowest BCUT2D eigenvalue weighted by Gasteiger charge is -2.54. The molecular formula is C24H43NO6S. The molecule has 3 aliphatic carbocycles. The molecule has 0 saturated heterocycles. The number of carbonyl (C=O) groups is 1. The maximum Gasteiger partial charge on any atom is 0.333 e. The van der Waals surface area contributed by atoms with Crippen molar-refractivity contribution in [3.8, 4) is 0 Å². The van der Waals surface area contributed by atoms with Gasteiger partial charge in [0, 0.05) is 12.5 Å². The van der Waals surface area contributed by atoms with Crippen LogP contribution >= 0.6 is 0 Å². The molecule has 1 unspecified atom stereocenters. The van der Waals surface area contributed by atoms with Crippen LogP contribution in [0.2, 0.25) is 0 Å². The van der Waals surface area contributed by atoms with Crippen molar-refractivity contribution in [1.82, 2.24) is 4.72 Å². The topological polar surface area (TPSA) is 124 Å². The normalized spacial score (nSPS) is 42.0. The molecule has 4 N–H and O–H groups in total. The van der Waals surface area contributed by atoms with Gasteiger partial charge in [0.15, 0.2) is 0 Å². The number of aliphatic hydroxyl groups excluding tert-OH is 1. The lowest BCUT2D eigenvalue weighted by Crippen LogP contribution is -2.53. The van der Waals surface area contributed by atoms with Crippen molar-refractivity contribution < 1.29 is 28.0 Å². The fourth-order valence-electron chi connectivity index (χ4n) is 7.90. The maximum absolute atomic E-state index is 11.9. The second-order valence-corrected chi connectivity index (χ2v) is 12.5. The van der Waals surface area contributed by atoms with Crippen LogP contribution in [-0.2, 0) is 15.1 Å². The number of aliphatic carboxylic acids is 1. The van der Waals surface area contributed by atoms with Crippen LogP contribution in [0.5, 0.6) is 0 Å². The summed E-state index contributed by atoms with van der Waals surface area (Å²) in [5.41, 5.74) is 0.0571.